The molecule has 6 heteroatoms. The summed E-state index contributed by atoms with van der Waals surface area (Å²) >= 11 is 3.41. The fraction of sp³-hybridized carbons (Fsp3) is 0.231. The molecule has 0 fully saturated rings. The summed E-state index contributed by atoms with van der Waals surface area (Å²) in [6, 6.07) is 5.70. The van der Waals surface area contributed by atoms with Crippen LogP contribution in [0, 0.1) is 6.92 Å². The summed E-state index contributed by atoms with van der Waals surface area (Å²) in [7, 11) is 1.61. The van der Waals surface area contributed by atoms with Crippen molar-refractivity contribution in [2.24, 2.45) is 5.73 Å². The van der Waals surface area contributed by atoms with E-state index in [0.717, 1.165) is 21.5 Å². The third-order valence-corrected chi connectivity index (χ3v) is 3.24. The van der Waals surface area contributed by atoms with E-state index in [-0.39, 0.29) is 0 Å². The summed E-state index contributed by atoms with van der Waals surface area (Å²) in [5.74, 6) is 1.37. The molecule has 0 radical (unpaired) electrons. The van der Waals surface area contributed by atoms with Crippen molar-refractivity contribution >= 4 is 15.9 Å². The zero-order chi connectivity index (χ0) is 13.8. The van der Waals surface area contributed by atoms with Crippen molar-refractivity contribution < 1.29 is 9.47 Å². The van der Waals surface area contributed by atoms with Crippen LogP contribution in [0.25, 0.3) is 0 Å². The standard InChI is InChI=1S/C13H14BrN3O2/c1-8-9(6-15)7-16-13(17-8)19-12-4-3-10(18-2)5-11(12)14/h3-5,7H,6,15H2,1-2H3. The Morgan fingerprint density at radius 2 is 2.16 bits per heavy atom. The SMILES string of the molecule is COc1ccc(Oc2ncc(CN)c(C)n2)c(Br)c1. The zero-order valence-electron chi connectivity index (χ0n) is 10.7. The Kier molecular flexibility index (Phi) is 4.34. The normalized spacial score (nSPS) is 10.3. The Balaban J connectivity index is 2.23. The maximum absolute atomic E-state index is 5.62. The summed E-state index contributed by atoms with van der Waals surface area (Å²) in [6.45, 7) is 2.29. The van der Waals surface area contributed by atoms with Gasteiger partial charge in [0.2, 0.25) is 0 Å². The van der Waals surface area contributed by atoms with Crippen LogP contribution >= 0.6 is 15.9 Å². The van der Waals surface area contributed by atoms with Crippen molar-refractivity contribution in [3.63, 3.8) is 0 Å². The highest BCUT2D eigenvalue weighted by Gasteiger charge is 2.08. The van der Waals surface area contributed by atoms with Gasteiger partial charge in [-0.2, -0.15) is 4.98 Å². The van der Waals surface area contributed by atoms with Gasteiger partial charge in [0, 0.05) is 24.0 Å². The van der Waals surface area contributed by atoms with Gasteiger partial charge in [0.15, 0.2) is 0 Å². The van der Waals surface area contributed by atoms with Gasteiger partial charge in [-0.05, 0) is 41.1 Å². The molecule has 0 amide bonds. The van der Waals surface area contributed by atoms with Crippen molar-refractivity contribution in [3.8, 4) is 17.5 Å². The van der Waals surface area contributed by atoms with Crippen LogP contribution in [0.3, 0.4) is 0 Å². The molecule has 0 aliphatic heterocycles. The average molecular weight is 324 g/mol. The van der Waals surface area contributed by atoms with Gasteiger partial charge in [-0.1, -0.05) is 0 Å². The first kappa shape index (κ1) is 13.8. The Morgan fingerprint density at radius 3 is 2.74 bits per heavy atom. The van der Waals surface area contributed by atoms with Crippen molar-refractivity contribution in [2.45, 2.75) is 13.5 Å². The van der Waals surface area contributed by atoms with E-state index < -0.39 is 0 Å². The molecule has 19 heavy (non-hydrogen) atoms. The number of hydrogen-bond acceptors (Lipinski definition) is 5. The van der Waals surface area contributed by atoms with Crippen molar-refractivity contribution in [3.05, 3.63) is 40.1 Å². The average Bonchev–Trinajstić information content (AvgIpc) is 2.41. The molecule has 0 aliphatic carbocycles. The second-order valence-electron chi connectivity index (χ2n) is 3.87. The molecule has 0 saturated heterocycles. The largest absolute Gasteiger partial charge is 0.497 e. The maximum atomic E-state index is 5.62. The molecular weight excluding hydrogens is 310 g/mol. The third kappa shape index (κ3) is 3.21. The zero-order valence-corrected chi connectivity index (χ0v) is 12.3. The van der Waals surface area contributed by atoms with Gasteiger partial charge in [0.25, 0.3) is 0 Å². The van der Waals surface area contributed by atoms with Crippen LogP contribution in [0.1, 0.15) is 11.3 Å². The molecule has 0 atom stereocenters. The lowest BCUT2D eigenvalue weighted by molar-refractivity contribution is 0.409. The van der Waals surface area contributed by atoms with Gasteiger partial charge in [0.05, 0.1) is 11.6 Å². The van der Waals surface area contributed by atoms with E-state index in [2.05, 4.69) is 25.9 Å². The first-order valence-corrected chi connectivity index (χ1v) is 6.47. The molecule has 2 rings (SSSR count). The monoisotopic (exact) mass is 323 g/mol. The number of ether oxygens (including phenoxy) is 2. The molecule has 1 aromatic carbocycles. The van der Waals surface area contributed by atoms with E-state index >= 15 is 0 Å². The lowest BCUT2D eigenvalue weighted by atomic mass is 10.2. The quantitative estimate of drug-likeness (QED) is 0.936. The van der Waals surface area contributed by atoms with Gasteiger partial charge < -0.3 is 15.2 Å². The first-order valence-electron chi connectivity index (χ1n) is 5.68. The Hall–Kier alpha value is -1.66. The predicted molar refractivity (Wildman–Crippen MR) is 75.4 cm³/mol. The minimum absolute atomic E-state index is 0.292. The van der Waals surface area contributed by atoms with Crippen molar-refractivity contribution in [2.75, 3.05) is 7.11 Å². The first-order chi connectivity index (χ1) is 9.13. The van der Waals surface area contributed by atoms with Crippen molar-refractivity contribution in [1.82, 2.24) is 9.97 Å². The molecule has 1 aromatic heterocycles. The number of benzene rings is 1. The number of rotatable bonds is 4. The molecule has 0 bridgehead atoms. The molecule has 0 unspecified atom stereocenters. The summed E-state index contributed by atoms with van der Waals surface area (Å²) in [6.07, 6.45) is 1.68. The van der Waals surface area contributed by atoms with Crippen LogP contribution < -0.4 is 15.2 Å². The summed E-state index contributed by atoms with van der Waals surface area (Å²) in [5, 5.41) is 0. The maximum Gasteiger partial charge on any atom is 0.322 e. The number of aromatic nitrogens is 2. The number of aryl methyl sites for hydroxylation is 1. The van der Waals surface area contributed by atoms with Gasteiger partial charge in [-0.15, -0.1) is 0 Å². The van der Waals surface area contributed by atoms with Gasteiger partial charge >= 0.3 is 6.01 Å². The van der Waals surface area contributed by atoms with E-state index in [9.17, 15) is 0 Å². The highest BCUT2D eigenvalue weighted by Crippen LogP contribution is 2.31. The fourth-order valence-corrected chi connectivity index (χ4v) is 1.95. The van der Waals surface area contributed by atoms with E-state index in [1.165, 1.54) is 0 Å². The molecule has 2 aromatic rings. The van der Waals surface area contributed by atoms with Crippen LogP contribution in [0.5, 0.6) is 17.5 Å². The second kappa shape index (κ2) is 5.99. The Morgan fingerprint density at radius 1 is 1.37 bits per heavy atom. The number of nitrogens with two attached hydrogens (primary N) is 1. The van der Waals surface area contributed by atoms with Crippen LogP contribution in [-0.2, 0) is 6.54 Å². The highest BCUT2D eigenvalue weighted by molar-refractivity contribution is 9.10. The Labute approximate surface area is 119 Å². The number of methoxy groups -OCH3 is 1. The van der Waals surface area contributed by atoms with Crippen LogP contribution in [0.2, 0.25) is 0 Å². The minimum Gasteiger partial charge on any atom is -0.497 e. The highest BCUT2D eigenvalue weighted by atomic mass is 79.9. The molecule has 0 spiro atoms. The van der Waals surface area contributed by atoms with E-state index in [4.69, 9.17) is 15.2 Å². The summed E-state index contributed by atoms with van der Waals surface area (Å²) in [4.78, 5) is 8.38. The number of nitrogens with zero attached hydrogens (tertiary/aromatic N) is 2. The molecule has 1 heterocycles. The summed E-state index contributed by atoms with van der Waals surface area (Å²) < 4.78 is 11.5. The third-order valence-electron chi connectivity index (χ3n) is 2.62. The van der Waals surface area contributed by atoms with E-state index in [1.807, 2.05) is 13.0 Å². The molecule has 2 N–H and O–H groups in total. The Bertz CT molecular complexity index is 590. The lowest BCUT2D eigenvalue weighted by Crippen LogP contribution is -2.03. The van der Waals surface area contributed by atoms with Gasteiger partial charge in [-0.25, -0.2) is 4.98 Å². The van der Waals surface area contributed by atoms with Gasteiger partial charge in [-0.3, -0.25) is 0 Å². The lowest BCUT2D eigenvalue weighted by Gasteiger charge is -2.09. The predicted octanol–water partition coefficient (Wildman–Crippen LogP) is 2.81. The number of halogens is 1. The van der Waals surface area contributed by atoms with Gasteiger partial charge in [0.1, 0.15) is 11.5 Å². The van der Waals surface area contributed by atoms with E-state index in [1.54, 1.807) is 25.4 Å². The number of hydrogen-bond donors (Lipinski definition) is 1. The van der Waals surface area contributed by atoms with Crippen LogP contribution in [-0.4, -0.2) is 17.1 Å². The molecule has 0 aliphatic rings. The second-order valence-corrected chi connectivity index (χ2v) is 4.72. The topological polar surface area (TPSA) is 70.3 Å². The van der Waals surface area contributed by atoms with Crippen LogP contribution in [0.15, 0.2) is 28.9 Å². The molecular formula is C13H14BrN3O2. The van der Waals surface area contributed by atoms with E-state index in [0.29, 0.717) is 18.3 Å². The smallest absolute Gasteiger partial charge is 0.322 e. The molecule has 0 saturated carbocycles. The molecule has 5 nitrogen and oxygen atoms in total. The van der Waals surface area contributed by atoms with Crippen molar-refractivity contribution in [1.29, 1.82) is 0 Å². The summed E-state index contributed by atoms with van der Waals surface area (Å²) in [5.41, 5.74) is 7.29. The fourth-order valence-electron chi connectivity index (χ4n) is 1.51. The molecule has 100 valence electrons. The van der Waals surface area contributed by atoms with Crippen LogP contribution in [0.4, 0.5) is 0 Å². The minimum atomic E-state index is 0.292.